The van der Waals surface area contributed by atoms with Crippen LogP contribution in [0.1, 0.15) is 23.5 Å². The second-order valence-electron chi connectivity index (χ2n) is 6.93. The molecular weight excluding hydrogens is 388 g/mol. The standard InChI is InChI=1S/C22H20N2O4S/c1-27-16-8-6-15(7-9-16)22(26)13-29-21-19(12-23)18(11-20(25)24(21)22)14-4-3-5-17(10-14)28-2/h3-10,18,26H,11,13H2,1-2H3/t18-,22-/m1/s1. The summed E-state index contributed by atoms with van der Waals surface area (Å²) in [6.45, 7) is 0. The molecule has 2 atom stereocenters. The van der Waals surface area contributed by atoms with Crippen molar-refractivity contribution in [2.24, 2.45) is 0 Å². The second-order valence-corrected chi connectivity index (χ2v) is 7.89. The zero-order valence-corrected chi connectivity index (χ0v) is 16.9. The van der Waals surface area contributed by atoms with E-state index in [0.717, 1.165) is 5.56 Å². The first-order valence-electron chi connectivity index (χ1n) is 9.13. The molecule has 29 heavy (non-hydrogen) atoms. The molecule has 0 radical (unpaired) electrons. The van der Waals surface area contributed by atoms with E-state index in [2.05, 4.69) is 6.07 Å². The third kappa shape index (κ3) is 3.15. The lowest BCUT2D eigenvalue weighted by atomic mass is 9.85. The van der Waals surface area contributed by atoms with E-state index in [1.807, 2.05) is 24.3 Å². The number of hydrogen-bond donors (Lipinski definition) is 1. The van der Waals surface area contributed by atoms with E-state index < -0.39 is 5.72 Å². The molecule has 0 aromatic heterocycles. The summed E-state index contributed by atoms with van der Waals surface area (Å²) in [6, 6.07) is 16.7. The molecule has 1 fully saturated rings. The van der Waals surface area contributed by atoms with Crippen molar-refractivity contribution in [1.29, 1.82) is 5.26 Å². The highest BCUT2D eigenvalue weighted by atomic mass is 32.2. The molecule has 2 aliphatic rings. The molecule has 0 spiro atoms. The molecule has 0 unspecified atom stereocenters. The van der Waals surface area contributed by atoms with Gasteiger partial charge in [0.05, 0.1) is 36.6 Å². The number of ether oxygens (including phenoxy) is 2. The van der Waals surface area contributed by atoms with Crippen molar-refractivity contribution in [2.75, 3.05) is 20.0 Å². The smallest absolute Gasteiger partial charge is 0.231 e. The number of hydrogen-bond acceptors (Lipinski definition) is 6. The Labute approximate surface area is 173 Å². The SMILES string of the molecule is COc1ccc([C@]2(O)CSC3=C(C#N)[C@@H](c4cccc(OC)c4)CC(=O)N32)cc1. The molecule has 2 heterocycles. The van der Waals surface area contributed by atoms with Crippen LogP contribution < -0.4 is 9.47 Å². The fourth-order valence-electron chi connectivity index (χ4n) is 3.84. The highest BCUT2D eigenvalue weighted by Crippen LogP contribution is 2.51. The minimum Gasteiger partial charge on any atom is -0.497 e. The molecule has 1 N–H and O–H groups in total. The normalized spacial score (nSPS) is 23.6. The first-order chi connectivity index (χ1) is 14.0. The van der Waals surface area contributed by atoms with E-state index >= 15 is 0 Å². The Morgan fingerprint density at radius 2 is 1.90 bits per heavy atom. The van der Waals surface area contributed by atoms with Gasteiger partial charge in [0.15, 0.2) is 5.72 Å². The maximum Gasteiger partial charge on any atom is 0.231 e. The first-order valence-corrected chi connectivity index (χ1v) is 10.1. The van der Waals surface area contributed by atoms with Gasteiger partial charge in [-0.3, -0.25) is 9.69 Å². The Kier molecular flexibility index (Phi) is 4.99. The van der Waals surface area contributed by atoms with Crippen LogP contribution in [0.5, 0.6) is 11.5 Å². The lowest BCUT2D eigenvalue weighted by molar-refractivity contribution is -0.149. The zero-order valence-electron chi connectivity index (χ0n) is 16.1. The summed E-state index contributed by atoms with van der Waals surface area (Å²) in [7, 11) is 3.15. The number of carbonyl (C=O) groups excluding carboxylic acids is 1. The van der Waals surface area contributed by atoms with Gasteiger partial charge >= 0.3 is 0 Å². The number of rotatable bonds is 4. The number of fused-ring (bicyclic) bond motifs is 1. The molecule has 2 aliphatic heterocycles. The van der Waals surface area contributed by atoms with Crippen LogP contribution in [0.25, 0.3) is 0 Å². The number of nitriles is 1. The van der Waals surface area contributed by atoms with Crippen molar-refractivity contribution < 1.29 is 19.4 Å². The van der Waals surface area contributed by atoms with Crippen LogP contribution in [0, 0.1) is 11.3 Å². The van der Waals surface area contributed by atoms with Crippen LogP contribution in [0.4, 0.5) is 0 Å². The Hall–Kier alpha value is -2.95. The lowest BCUT2D eigenvalue weighted by Crippen LogP contribution is -2.48. The number of amides is 1. The predicted molar refractivity (Wildman–Crippen MR) is 109 cm³/mol. The maximum absolute atomic E-state index is 13.1. The van der Waals surface area contributed by atoms with Gasteiger partial charge in [0.25, 0.3) is 0 Å². The van der Waals surface area contributed by atoms with Crippen LogP contribution in [0.15, 0.2) is 59.1 Å². The van der Waals surface area contributed by atoms with Crippen LogP contribution in [0.2, 0.25) is 0 Å². The van der Waals surface area contributed by atoms with Gasteiger partial charge in [-0.15, -0.1) is 11.8 Å². The topological polar surface area (TPSA) is 82.8 Å². The molecule has 0 saturated carbocycles. The molecule has 7 heteroatoms. The second kappa shape index (κ2) is 7.47. The minimum absolute atomic E-state index is 0.110. The Morgan fingerprint density at radius 3 is 2.55 bits per heavy atom. The molecule has 2 aromatic rings. The van der Waals surface area contributed by atoms with Gasteiger partial charge in [-0.25, -0.2) is 0 Å². The number of methoxy groups -OCH3 is 2. The average Bonchev–Trinajstić information content (AvgIpc) is 3.13. The third-order valence-electron chi connectivity index (χ3n) is 5.36. The summed E-state index contributed by atoms with van der Waals surface area (Å²) < 4.78 is 10.5. The van der Waals surface area contributed by atoms with Gasteiger partial charge in [0.1, 0.15) is 11.5 Å². The summed E-state index contributed by atoms with van der Waals surface area (Å²) in [6.07, 6.45) is 0.110. The highest BCUT2D eigenvalue weighted by Gasteiger charge is 2.51. The molecular formula is C22H20N2O4S. The van der Waals surface area contributed by atoms with E-state index in [1.165, 1.54) is 16.7 Å². The quantitative estimate of drug-likeness (QED) is 0.835. The molecule has 0 bridgehead atoms. The molecule has 0 aliphatic carbocycles. The van der Waals surface area contributed by atoms with Gasteiger partial charge in [-0.2, -0.15) is 5.26 Å². The Bertz CT molecular complexity index is 1030. The largest absolute Gasteiger partial charge is 0.497 e. The molecule has 148 valence electrons. The summed E-state index contributed by atoms with van der Waals surface area (Å²) in [5.74, 6) is 1.03. The van der Waals surface area contributed by atoms with E-state index in [4.69, 9.17) is 9.47 Å². The molecule has 1 amide bonds. The van der Waals surface area contributed by atoms with Crippen molar-refractivity contribution in [3.05, 3.63) is 70.3 Å². The number of thioether (sulfide) groups is 1. The number of aliphatic hydroxyl groups is 1. The van der Waals surface area contributed by atoms with Crippen LogP contribution in [-0.2, 0) is 10.5 Å². The molecule has 6 nitrogen and oxygen atoms in total. The molecule has 4 rings (SSSR count). The number of carbonyl (C=O) groups is 1. The summed E-state index contributed by atoms with van der Waals surface area (Å²) >= 11 is 1.33. The Balaban J connectivity index is 1.77. The minimum atomic E-state index is -1.50. The van der Waals surface area contributed by atoms with Gasteiger partial charge in [-0.05, 0) is 29.8 Å². The van der Waals surface area contributed by atoms with Gasteiger partial charge < -0.3 is 14.6 Å². The Morgan fingerprint density at radius 1 is 1.17 bits per heavy atom. The van der Waals surface area contributed by atoms with E-state index in [0.29, 0.717) is 27.7 Å². The summed E-state index contributed by atoms with van der Waals surface area (Å²) in [5, 5.41) is 21.9. The average molecular weight is 408 g/mol. The van der Waals surface area contributed by atoms with Crippen molar-refractivity contribution >= 4 is 17.7 Å². The van der Waals surface area contributed by atoms with E-state index in [9.17, 15) is 15.2 Å². The van der Waals surface area contributed by atoms with Crippen LogP contribution >= 0.6 is 11.8 Å². The van der Waals surface area contributed by atoms with Crippen molar-refractivity contribution in [3.63, 3.8) is 0 Å². The maximum atomic E-state index is 13.1. The summed E-state index contributed by atoms with van der Waals surface area (Å²) in [5.41, 5.74) is 0.436. The van der Waals surface area contributed by atoms with Crippen molar-refractivity contribution in [3.8, 4) is 17.6 Å². The first kappa shape index (κ1) is 19.4. The fraction of sp³-hybridized carbons (Fsp3) is 0.273. The van der Waals surface area contributed by atoms with Crippen LogP contribution in [-0.4, -0.2) is 35.9 Å². The lowest BCUT2D eigenvalue weighted by Gasteiger charge is -2.38. The zero-order chi connectivity index (χ0) is 20.6. The van der Waals surface area contributed by atoms with E-state index in [1.54, 1.807) is 38.5 Å². The monoisotopic (exact) mass is 408 g/mol. The molecule has 2 aromatic carbocycles. The molecule has 1 saturated heterocycles. The van der Waals surface area contributed by atoms with Crippen molar-refractivity contribution in [1.82, 2.24) is 4.90 Å². The predicted octanol–water partition coefficient (Wildman–Crippen LogP) is 3.35. The van der Waals surface area contributed by atoms with Gasteiger partial charge in [-0.1, -0.05) is 24.3 Å². The fourth-order valence-corrected chi connectivity index (χ4v) is 5.20. The van der Waals surface area contributed by atoms with Crippen molar-refractivity contribution in [2.45, 2.75) is 18.1 Å². The number of allylic oxidation sites excluding steroid dienone is 1. The van der Waals surface area contributed by atoms with E-state index in [-0.39, 0.29) is 24.0 Å². The highest BCUT2D eigenvalue weighted by molar-refractivity contribution is 8.03. The number of benzene rings is 2. The third-order valence-corrected chi connectivity index (χ3v) is 6.58. The van der Waals surface area contributed by atoms with Gasteiger partial charge in [0.2, 0.25) is 5.91 Å². The van der Waals surface area contributed by atoms with Gasteiger partial charge in [0, 0.05) is 17.9 Å². The summed E-state index contributed by atoms with van der Waals surface area (Å²) in [4.78, 5) is 14.5. The van der Waals surface area contributed by atoms with Crippen LogP contribution in [0.3, 0.4) is 0 Å². The number of nitrogens with zero attached hydrogens (tertiary/aromatic N) is 2.